The largest absolute Gasteiger partial charge is 0.320 e. The van der Waals surface area contributed by atoms with Crippen molar-refractivity contribution in [3.05, 3.63) is 0 Å². The summed E-state index contributed by atoms with van der Waals surface area (Å²) >= 11 is 0. The van der Waals surface area contributed by atoms with E-state index in [0.717, 1.165) is 19.4 Å². The first-order valence-corrected chi connectivity index (χ1v) is 7.76. The highest BCUT2D eigenvalue weighted by atomic mass is 32.2. The normalized spacial score (nSPS) is 17.7. The van der Waals surface area contributed by atoms with Gasteiger partial charge in [-0.25, -0.2) is 12.7 Å². The molecule has 0 unspecified atom stereocenters. The van der Waals surface area contributed by atoms with Crippen LogP contribution in [0.3, 0.4) is 0 Å². The molecule has 0 radical (unpaired) electrons. The van der Waals surface area contributed by atoms with Gasteiger partial charge in [0.25, 0.3) is 0 Å². The van der Waals surface area contributed by atoms with Gasteiger partial charge in [-0.05, 0) is 45.2 Å². The molecule has 1 N–H and O–H groups in total. The molecule has 1 rings (SSSR count). The molecule has 5 heteroatoms. The number of hydrogen-bond donors (Lipinski definition) is 1. The summed E-state index contributed by atoms with van der Waals surface area (Å²) in [5.74, 6) is 0.898. The Bertz CT molecular complexity index is 286. The number of sulfonamides is 1. The average molecular weight is 248 g/mol. The summed E-state index contributed by atoms with van der Waals surface area (Å²) in [5, 5.41) is 3.03. The van der Waals surface area contributed by atoms with E-state index in [4.69, 9.17) is 0 Å². The zero-order chi connectivity index (χ0) is 12.0. The lowest BCUT2D eigenvalue weighted by atomic mass is 9.86. The molecule has 0 spiro atoms. The smallest absolute Gasteiger partial charge is 0.213 e. The van der Waals surface area contributed by atoms with Crippen LogP contribution in [0, 0.1) is 5.92 Å². The fourth-order valence-corrected chi connectivity index (χ4v) is 3.21. The molecule has 1 aliphatic rings. The van der Waals surface area contributed by atoms with Crippen molar-refractivity contribution in [3.8, 4) is 0 Å². The van der Waals surface area contributed by atoms with E-state index in [2.05, 4.69) is 5.32 Å². The van der Waals surface area contributed by atoms with Crippen molar-refractivity contribution in [2.24, 2.45) is 5.92 Å². The van der Waals surface area contributed by atoms with Gasteiger partial charge in [0.2, 0.25) is 10.0 Å². The maximum atomic E-state index is 11.9. The Morgan fingerprint density at radius 3 is 2.50 bits per heavy atom. The summed E-state index contributed by atoms with van der Waals surface area (Å²) in [7, 11) is 0.594. The third-order valence-electron chi connectivity index (χ3n) is 3.29. The van der Waals surface area contributed by atoms with Crippen molar-refractivity contribution < 1.29 is 8.42 Å². The number of nitrogens with zero attached hydrogens (tertiary/aromatic N) is 1. The van der Waals surface area contributed by atoms with Gasteiger partial charge in [-0.2, -0.15) is 0 Å². The molecular weight excluding hydrogens is 224 g/mol. The molecule has 0 saturated heterocycles. The van der Waals surface area contributed by atoms with Gasteiger partial charge in [0, 0.05) is 13.6 Å². The number of rotatable bonds is 8. The number of nitrogens with one attached hydrogen (secondary N) is 1. The Balaban J connectivity index is 2.24. The highest BCUT2D eigenvalue weighted by Crippen LogP contribution is 2.27. The van der Waals surface area contributed by atoms with E-state index in [0.29, 0.717) is 12.5 Å². The van der Waals surface area contributed by atoms with Crippen molar-refractivity contribution in [2.45, 2.75) is 32.1 Å². The fraction of sp³-hybridized carbons (Fsp3) is 1.00. The maximum Gasteiger partial charge on any atom is 0.213 e. The topological polar surface area (TPSA) is 49.4 Å². The van der Waals surface area contributed by atoms with Crippen LogP contribution in [0.2, 0.25) is 0 Å². The Hall–Kier alpha value is -0.130. The molecule has 0 atom stereocenters. The molecule has 4 nitrogen and oxygen atoms in total. The molecule has 1 saturated carbocycles. The molecule has 0 heterocycles. The van der Waals surface area contributed by atoms with E-state index in [1.54, 1.807) is 11.4 Å². The van der Waals surface area contributed by atoms with E-state index in [9.17, 15) is 8.42 Å². The molecule has 16 heavy (non-hydrogen) atoms. The van der Waals surface area contributed by atoms with Crippen LogP contribution < -0.4 is 5.32 Å². The first-order valence-electron chi connectivity index (χ1n) is 6.15. The van der Waals surface area contributed by atoms with E-state index < -0.39 is 10.0 Å². The van der Waals surface area contributed by atoms with Crippen LogP contribution in [0.15, 0.2) is 0 Å². The fourth-order valence-electron chi connectivity index (χ4n) is 1.89. The second kappa shape index (κ2) is 6.57. The van der Waals surface area contributed by atoms with Crippen LogP contribution in [0.4, 0.5) is 0 Å². The summed E-state index contributed by atoms with van der Waals surface area (Å²) in [4.78, 5) is 0. The molecule has 0 aromatic heterocycles. The second-order valence-corrected chi connectivity index (χ2v) is 6.90. The zero-order valence-electron chi connectivity index (χ0n) is 10.4. The van der Waals surface area contributed by atoms with E-state index in [1.807, 2.05) is 7.05 Å². The molecule has 0 aromatic rings. The van der Waals surface area contributed by atoms with Crippen molar-refractivity contribution in [1.82, 2.24) is 9.62 Å². The molecule has 0 aliphatic heterocycles. The SMILES string of the molecule is CNCCCCS(=O)(=O)N(C)CC1CCC1. The van der Waals surface area contributed by atoms with Gasteiger partial charge in [0.05, 0.1) is 5.75 Å². The van der Waals surface area contributed by atoms with Crippen LogP contribution >= 0.6 is 0 Å². The summed E-state index contributed by atoms with van der Waals surface area (Å²) in [6, 6.07) is 0. The van der Waals surface area contributed by atoms with Crippen molar-refractivity contribution in [3.63, 3.8) is 0 Å². The van der Waals surface area contributed by atoms with Gasteiger partial charge in [-0.1, -0.05) is 6.42 Å². The first kappa shape index (κ1) is 13.9. The highest BCUT2D eigenvalue weighted by molar-refractivity contribution is 7.89. The van der Waals surface area contributed by atoms with Crippen LogP contribution in [0.25, 0.3) is 0 Å². The summed E-state index contributed by atoms with van der Waals surface area (Å²) in [6.45, 7) is 1.61. The minimum absolute atomic E-state index is 0.290. The molecule has 0 amide bonds. The minimum Gasteiger partial charge on any atom is -0.320 e. The van der Waals surface area contributed by atoms with Crippen LogP contribution in [-0.2, 0) is 10.0 Å². The van der Waals surface area contributed by atoms with Crippen LogP contribution in [-0.4, -0.2) is 45.7 Å². The van der Waals surface area contributed by atoms with E-state index in [-0.39, 0.29) is 5.75 Å². The Morgan fingerprint density at radius 1 is 1.31 bits per heavy atom. The average Bonchev–Trinajstić information content (AvgIpc) is 2.18. The van der Waals surface area contributed by atoms with Gasteiger partial charge in [0.1, 0.15) is 0 Å². The zero-order valence-corrected chi connectivity index (χ0v) is 11.2. The standard InChI is InChI=1S/C11H24N2O2S/c1-12-8-3-4-9-16(14,15)13(2)10-11-6-5-7-11/h11-12H,3-10H2,1-2H3. The third-order valence-corrected chi connectivity index (χ3v) is 5.20. The van der Waals surface area contributed by atoms with Gasteiger partial charge >= 0.3 is 0 Å². The Labute approximate surface area is 99.5 Å². The third kappa shape index (κ3) is 4.39. The summed E-state index contributed by atoms with van der Waals surface area (Å²) < 4.78 is 25.3. The maximum absolute atomic E-state index is 11.9. The Morgan fingerprint density at radius 2 is 2.00 bits per heavy atom. The van der Waals surface area contributed by atoms with Crippen LogP contribution in [0.5, 0.6) is 0 Å². The van der Waals surface area contributed by atoms with Crippen molar-refractivity contribution >= 4 is 10.0 Å². The summed E-state index contributed by atoms with van der Waals surface area (Å²) in [5.41, 5.74) is 0. The van der Waals surface area contributed by atoms with E-state index >= 15 is 0 Å². The van der Waals surface area contributed by atoms with Crippen molar-refractivity contribution in [2.75, 3.05) is 32.9 Å². The predicted molar refractivity (Wildman–Crippen MR) is 66.9 cm³/mol. The molecule has 1 aliphatic carbocycles. The van der Waals surface area contributed by atoms with E-state index in [1.165, 1.54) is 19.3 Å². The second-order valence-electron chi connectivity index (χ2n) is 4.70. The van der Waals surface area contributed by atoms with Gasteiger partial charge in [-0.3, -0.25) is 0 Å². The predicted octanol–water partition coefficient (Wildman–Crippen LogP) is 1.05. The van der Waals surface area contributed by atoms with Gasteiger partial charge in [0.15, 0.2) is 0 Å². The molecule has 0 aromatic carbocycles. The molecule has 0 bridgehead atoms. The van der Waals surface area contributed by atoms with Crippen LogP contribution in [0.1, 0.15) is 32.1 Å². The number of unbranched alkanes of at least 4 members (excludes halogenated alkanes) is 1. The minimum atomic E-state index is -3.01. The quantitative estimate of drug-likeness (QED) is 0.653. The van der Waals surface area contributed by atoms with Gasteiger partial charge < -0.3 is 5.32 Å². The molecule has 1 fully saturated rings. The molecular formula is C11H24N2O2S. The lowest BCUT2D eigenvalue weighted by Gasteiger charge is -2.29. The van der Waals surface area contributed by atoms with Gasteiger partial charge in [-0.15, -0.1) is 0 Å². The summed E-state index contributed by atoms with van der Waals surface area (Å²) in [6.07, 6.45) is 5.32. The first-order chi connectivity index (χ1) is 7.56. The molecule has 96 valence electrons. The highest BCUT2D eigenvalue weighted by Gasteiger charge is 2.24. The Kier molecular flexibility index (Phi) is 5.72. The lowest BCUT2D eigenvalue weighted by molar-refractivity contribution is 0.263. The monoisotopic (exact) mass is 248 g/mol. The van der Waals surface area contributed by atoms with Crippen molar-refractivity contribution in [1.29, 1.82) is 0 Å². The lowest BCUT2D eigenvalue weighted by Crippen LogP contribution is -2.35. The number of hydrogen-bond acceptors (Lipinski definition) is 3.